The maximum absolute atomic E-state index is 13.3. The molecule has 9 heteroatoms. The molecule has 32 heavy (non-hydrogen) atoms. The molecule has 0 fully saturated rings. The lowest BCUT2D eigenvalue weighted by molar-refractivity contribution is -0.384. The number of amides is 1. The van der Waals surface area contributed by atoms with Crippen molar-refractivity contribution < 1.29 is 24.0 Å². The van der Waals surface area contributed by atoms with Gasteiger partial charge in [0.1, 0.15) is 0 Å². The van der Waals surface area contributed by atoms with Crippen LogP contribution in [0.2, 0.25) is 5.02 Å². The molecule has 2 aromatic rings. The summed E-state index contributed by atoms with van der Waals surface area (Å²) >= 11 is 6.33. The zero-order chi connectivity index (χ0) is 23.0. The lowest BCUT2D eigenvalue weighted by Crippen LogP contribution is -2.38. The summed E-state index contributed by atoms with van der Waals surface area (Å²) < 4.78 is 10.7. The van der Waals surface area contributed by atoms with E-state index in [1.54, 1.807) is 20.3 Å². The molecule has 0 unspecified atom stereocenters. The number of carbonyl (C=O) groups is 2. The Morgan fingerprint density at radius 1 is 1.03 bits per heavy atom. The van der Waals surface area contributed by atoms with Crippen LogP contribution in [0.4, 0.5) is 5.69 Å². The average molecular weight is 457 g/mol. The summed E-state index contributed by atoms with van der Waals surface area (Å²) in [4.78, 5) is 36.5. The maximum atomic E-state index is 13.3. The molecule has 2 atom stereocenters. The fourth-order valence-corrected chi connectivity index (χ4v) is 4.73. The Morgan fingerprint density at radius 3 is 2.47 bits per heavy atom. The molecule has 166 valence electrons. The Bertz CT molecular complexity index is 1160. The van der Waals surface area contributed by atoms with Crippen LogP contribution in [0.1, 0.15) is 42.2 Å². The molecular formula is C23H21ClN2O6. The minimum Gasteiger partial charge on any atom is -0.493 e. The highest BCUT2D eigenvalue weighted by Gasteiger charge is 2.39. The van der Waals surface area contributed by atoms with E-state index >= 15 is 0 Å². The number of benzene rings is 2. The molecule has 0 saturated carbocycles. The Hall–Kier alpha value is -3.39. The first kappa shape index (κ1) is 21.8. The number of nitrogens with zero attached hydrogens (tertiary/aromatic N) is 1. The third-order valence-electron chi connectivity index (χ3n) is 5.98. The van der Waals surface area contributed by atoms with Gasteiger partial charge in [-0.2, -0.15) is 0 Å². The van der Waals surface area contributed by atoms with E-state index in [2.05, 4.69) is 5.32 Å². The van der Waals surface area contributed by atoms with E-state index in [-0.39, 0.29) is 41.2 Å². The van der Waals surface area contributed by atoms with E-state index in [1.165, 1.54) is 18.2 Å². The standard InChI is InChI=1S/C23H21ClN2O6/c1-31-20-6-3-12(9-21(20)32-2)13-7-18-23(19(27)8-13)16(11-22(28)25-18)15-10-14(26(29)30)4-5-17(15)24/h3-6,9-10,13,16H,7-8,11H2,1-2H3,(H,25,28)/t13-,16+/m1/s1. The second-order valence-electron chi connectivity index (χ2n) is 7.80. The topological polar surface area (TPSA) is 108 Å². The van der Waals surface area contributed by atoms with Crippen molar-refractivity contribution in [1.82, 2.24) is 5.32 Å². The summed E-state index contributed by atoms with van der Waals surface area (Å²) in [6.07, 6.45) is 0.699. The smallest absolute Gasteiger partial charge is 0.269 e. The number of rotatable bonds is 5. The first-order valence-electron chi connectivity index (χ1n) is 10.0. The van der Waals surface area contributed by atoms with Gasteiger partial charge in [0, 0.05) is 47.2 Å². The fraction of sp³-hybridized carbons (Fsp3) is 0.304. The predicted molar refractivity (Wildman–Crippen MR) is 117 cm³/mol. The third kappa shape index (κ3) is 3.93. The molecule has 0 bridgehead atoms. The normalized spacial score (nSPS) is 20.5. The number of hydrogen-bond donors (Lipinski definition) is 1. The van der Waals surface area contributed by atoms with Crippen LogP contribution in [0.25, 0.3) is 0 Å². The molecule has 8 nitrogen and oxygen atoms in total. The van der Waals surface area contributed by atoms with Crippen molar-refractivity contribution >= 4 is 29.0 Å². The summed E-state index contributed by atoms with van der Waals surface area (Å²) in [5.41, 5.74) is 2.20. The van der Waals surface area contributed by atoms with Gasteiger partial charge in [-0.05, 0) is 41.7 Å². The van der Waals surface area contributed by atoms with E-state index in [0.29, 0.717) is 34.8 Å². The highest BCUT2D eigenvalue weighted by atomic mass is 35.5. The Kier molecular flexibility index (Phi) is 5.88. The van der Waals surface area contributed by atoms with Crippen molar-refractivity contribution in [2.45, 2.75) is 31.1 Å². The SMILES string of the molecule is COc1ccc([C@H]2CC(=O)C3=C(C2)NC(=O)C[C@H]3c2cc([N+](=O)[O-])ccc2Cl)cc1OC. The fourth-order valence-electron chi connectivity index (χ4n) is 4.48. The predicted octanol–water partition coefficient (Wildman–Crippen LogP) is 4.27. The Balaban J connectivity index is 1.73. The molecule has 1 amide bonds. The van der Waals surface area contributed by atoms with Crippen molar-refractivity contribution in [3.8, 4) is 11.5 Å². The summed E-state index contributed by atoms with van der Waals surface area (Å²) in [6.45, 7) is 0. The largest absolute Gasteiger partial charge is 0.493 e. The molecule has 1 heterocycles. The number of carbonyl (C=O) groups excluding carboxylic acids is 2. The van der Waals surface area contributed by atoms with E-state index < -0.39 is 10.8 Å². The number of Topliss-reactive ketones (excluding diaryl/α,β-unsaturated/α-hetero) is 1. The Morgan fingerprint density at radius 2 is 1.78 bits per heavy atom. The lowest BCUT2D eigenvalue weighted by atomic mass is 9.73. The molecule has 1 aliphatic heterocycles. The number of halogens is 1. The van der Waals surface area contributed by atoms with Crippen molar-refractivity contribution in [3.05, 3.63) is 73.9 Å². The van der Waals surface area contributed by atoms with E-state index in [1.807, 2.05) is 12.1 Å². The molecule has 1 N–H and O–H groups in total. The molecule has 2 aromatic carbocycles. The van der Waals surface area contributed by atoms with Crippen LogP contribution in [0, 0.1) is 10.1 Å². The number of methoxy groups -OCH3 is 2. The quantitative estimate of drug-likeness (QED) is 0.531. The number of nitro benzene ring substituents is 1. The van der Waals surface area contributed by atoms with Crippen molar-refractivity contribution in [2.24, 2.45) is 0 Å². The van der Waals surface area contributed by atoms with Gasteiger partial charge in [-0.25, -0.2) is 0 Å². The van der Waals surface area contributed by atoms with Gasteiger partial charge in [0.05, 0.1) is 19.1 Å². The van der Waals surface area contributed by atoms with E-state index in [0.717, 1.165) is 5.56 Å². The summed E-state index contributed by atoms with van der Waals surface area (Å²) in [6, 6.07) is 9.59. The van der Waals surface area contributed by atoms with Crippen LogP contribution >= 0.6 is 11.6 Å². The number of hydrogen-bond acceptors (Lipinski definition) is 6. The molecular weight excluding hydrogens is 436 g/mol. The molecule has 0 saturated heterocycles. The number of allylic oxidation sites excluding steroid dienone is 2. The lowest BCUT2D eigenvalue weighted by Gasteiger charge is -2.34. The van der Waals surface area contributed by atoms with Crippen LogP contribution in [0.5, 0.6) is 11.5 Å². The molecule has 0 aromatic heterocycles. The maximum Gasteiger partial charge on any atom is 0.269 e. The number of nitro groups is 1. The first-order chi connectivity index (χ1) is 15.3. The summed E-state index contributed by atoms with van der Waals surface area (Å²) in [7, 11) is 3.10. The van der Waals surface area contributed by atoms with Gasteiger partial charge in [-0.3, -0.25) is 19.7 Å². The molecule has 4 rings (SSSR count). The summed E-state index contributed by atoms with van der Waals surface area (Å²) in [5.74, 6) is 0.0113. The van der Waals surface area contributed by atoms with Gasteiger partial charge >= 0.3 is 0 Å². The van der Waals surface area contributed by atoms with Crippen molar-refractivity contribution in [1.29, 1.82) is 0 Å². The number of ether oxygens (including phenoxy) is 2. The number of nitrogens with one attached hydrogen (secondary N) is 1. The van der Waals surface area contributed by atoms with Gasteiger partial charge in [-0.1, -0.05) is 17.7 Å². The van der Waals surface area contributed by atoms with Crippen LogP contribution in [0.15, 0.2) is 47.7 Å². The molecule has 1 aliphatic carbocycles. The van der Waals surface area contributed by atoms with Gasteiger partial charge in [-0.15, -0.1) is 0 Å². The average Bonchev–Trinajstić information content (AvgIpc) is 2.77. The molecule has 0 radical (unpaired) electrons. The minimum atomic E-state index is -0.620. The monoisotopic (exact) mass is 456 g/mol. The number of ketones is 1. The zero-order valence-corrected chi connectivity index (χ0v) is 18.3. The van der Waals surface area contributed by atoms with Gasteiger partial charge in [0.25, 0.3) is 5.69 Å². The van der Waals surface area contributed by atoms with Crippen molar-refractivity contribution in [2.75, 3.05) is 14.2 Å². The van der Waals surface area contributed by atoms with Gasteiger partial charge < -0.3 is 14.8 Å². The van der Waals surface area contributed by atoms with Crippen LogP contribution in [-0.4, -0.2) is 30.8 Å². The van der Waals surface area contributed by atoms with Crippen LogP contribution in [0.3, 0.4) is 0 Å². The molecule has 2 aliphatic rings. The summed E-state index contributed by atoms with van der Waals surface area (Å²) in [5, 5.41) is 14.4. The second kappa shape index (κ2) is 8.63. The van der Waals surface area contributed by atoms with Crippen LogP contribution in [-0.2, 0) is 9.59 Å². The minimum absolute atomic E-state index is 0.00643. The third-order valence-corrected chi connectivity index (χ3v) is 6.33. The van der Waals surface area contributed by atoms with Gasteiger partial charge in [0.2, 0.25) is 5.91 Å². The van der Waals surface area contributed by atoms with Crippen LogP contribution < -0.4 is 14.8 Å². The second-order valence-corrected chi connectivity index (χ2v) is 8.21. The molecule has 0 spiro atoms. The van der Waals surface area contributed by atoms with Crippen molar-refractivity contribution in [3.63, 3.8) is 0 Å². The van der Waals surface area contributed by atoms with E-state index in [4.69, 9.17) is 21.1 Å². The number of non-ortho nitro benzene ring substituents is 1. The van der Waals surface area contributed by atoms with Gasteiger partial charge in [0.15, 0.2) is 17.3 Å². The highest BCUT2D eigenvalue weighted by Crippen LogP contribution is 2.45. The highest BCUT2D eigenvalue weighted by molar-refractivity contribution is 6.31. The van der Waals surface area contributed by atoms with E-state index in [9.17, 15) is 19.7 Å². The Labute approximate surface area is 189 Å². The zero-order valence-electron chi connectivity index (χ0n) is 17.5. The first-order valence-corrected chi connectivity index (χ1v) is 10.4.